The molecule has 17 heavy (non-hydrogen) atoms. The predicted octanol–water partition coefficient (Wildman–Crippen LogP) is 1.80. The fourth-order valence-corrected chi connectivity index (χ4v) is 1.49. The van der Waals surface area contributed by atoms with Crippen molar-refractivity contribution in [3.63, 3.8) is 0 Å². The van der Waals surface area contributed by atoms with Crippen molar-refractivity contribution in [3.8, 4) is 0 Å². The van der Waals surface area contributed by atoms with Crippen LogP contribution in [0.1, 0.15) is 22.8 Å². The van der Waals surface area contributed by atoms with E-state index in [-0.39, 0.29) is 18.1 Å². The van der Waals surface area contributed by atoms with E-state index in [9.17, 15) is 9.59 Å². The molecule has 0 aliphatic carbocycles. The number of carbonyl (C=O) groups excluding carboxylic acids is 2. The number of rotatable bonds is 5. The summed E-state index contributed by atoms with van der Waals surface area (Å²) in [5.41, 5.74) is 7.08. The molecule has 0 aliphatic rings. The van der Waals surface area contributed by atoms with E-state index in [1.54, 1.807) is 25.1 Å². The first-order valence-corrected chi connectivity index (χ1v) is 5.75. The first-order valence-electron chi connectivity index (χ1n) is 5.21. The van der Waals surface area contributed by atoms with E-state index >= 15 is 0 Å². The molecule has 1 rings (SSSR count). The third-order valence-corrected chi connectivity index (χ3v) is 2.46. The molecule has 0 saturated carbocycles. The average molecular weight is 256 g/mol. The summed E-state index contributed by atoms with van der Waals surface area (Å²) in [5.74, 6) is -0.574. The highest BCUT2D eigenvalue weighted by Gasteiger charge is 2.11. The topological polar surface area (TPSA) is 69.4 Å². The number of Topliss-reactive ketones (excluding diaryl/α,β-unsaturated/α-hetero) is 1. The van der Waals surface area contributed by atoms with Gasteiger partial charge in [0.05, 0.1) is 18.1 Å². The average Bonchev–Trinajstić information content (AvgIpc) is 2.29. The lowest BCUT2D eigenvalue weighted by Crippen LogP contribution is -2.09. The van der Waals surface area contributed by atoms with Crippen LogP contribution in [0.3, 0.4) is 0 Å². The van der Waals surface area contributed by atoms with Crippen LogP contribution in [0.2, 0.25) is 0 Å². The molecule has 0 amide bonds. The summed E-state index contributed by atoms with van der Waals surface area (Å²) in [6, 6.07) is 4.83. The number of hydrogen-bond donors (Lipinski definition) is 1. The summed E-state index contributed by atoms with van der Waals surface area (Å²) >= 11 is 5.41. The van der Waals surface area contributed by atoms with Crippen LogP contribution >= 0.6 is 11.6 Å². The zero-order chi connectivity index (χ0) is 12.8. The van der Waals surface area contributed by atoms with Gasteiger partial charge in [-0.2, -0.15) is 0 Å². The second kappa shape index (κ2) is 6.25. The number of esters is 1. The molecular formula is C12H14ClNO3. The molecule has 0 bridgehead atoms. The zero-order valence-electron chi connectivity index (χ0n) is 9.53. The largest absolute Gasteiger partial charge is 0.462 e. The number of ketones is 1. The lowest BCUT2D eigenvalue weighted by molar-refractivity contribution is -0.116. The van der Waals surface area contributed by atoms with Crippen LogP contribution in [-0.4, -0.2) is 24.2 Å². The van der Waals surface area contributed by atoms with Crippen LogP contribution in [0.15, 0.2) is 18.2 Å². The molecule has 0 fully saturated rings. The number of ether oxygens (including phenoxy) is 1. The molecule has 92 valence electrons. The Morgan fingerprint density at radius 3 is 2.65 bits per heavy atom. The molecule has 4 nitrogen and oxygen atoms in total. The van der Waals surface area contributed by atoms with Gasteiger partial charge in [0.15, 0.2) is 5.78 Å². The smallest absolute Gasteiger partial charge is 0.340 e. The fourth-order valence-electron chi connectivity index (χ4n) is 1.39. The maximum absolute atomic E-state index is 11.5. The van der Waals surface area contributed by atoms with Crippen molar-refractivity contribution in [1.82, 2.24) is 0 Å². The van der Waals surface area contributed by atoms with Crippen molar-refractivity contribution in [2.75, 3.05) is 18.2 Å². The number of hydrogen-bond acceptors (Lipinski definition) is 4. The number of benzene rings is 1. The van der Waals surface area contributed by atoms with E-state index in [4.69, 9.17) is 22.1 Å². The first kappa shape index (κ1) is 13.5. The van der Waals surface area contributed by atoms with E-state index in [0.29, 0.717) is 17.9 Å². The van der Waals surface area contributed by atoms with Gasteiger partial charge in [-0.1, -0.05) is 6.07 Å². The van der Waals surface area contributed by atoms with Crippen molar-refractivity contribution in [1.29, 1.82) is 0 Å². The number of alkyl halides is 1. The normalized spacial score (nSPS) is 10.0. The van der Waals surface area contributed by atoms with Gasteiger partial charge in [0.2, 0.25) is 0 Å². The van der Waals surface area contributed by atoms with E-state index in [1.165, 1.54) is 0 Å². The molecule has 0 unspecified atom stereocenters. The van der Waals surface area contributed by atoms with Crippen molar-refractivity contribution >= 4 is 29.0 Å². The summed E-state index contributed by atoms with van der Waals surface area (Å²) in [6.45, 7) is 2.02. The van der Waals surface area contributed by atoms with Gasteiger partial charge in [-0.05, 0) is 24.6 Å². The summed E-state index contributed by atoms with van der Waals surface area (Å²) in [4.78, 5) is 22.6. The quantitative estimate of drug-likeness (QED) is 0.495. The molecule has 0 aromatic heterocycles. The Hall–Kier alpha value is -1.55. The van der Waals surface area contributed by atoms with Crippen molar-refractivity contribution in [3.05, 3.63) is 29.3 Å². The van der Waals surface area contributed by atoms with Crippen molar-refractivity contribution < 1.29 is 14.3 Å². The van der Waals surface area contributed by atoms with Gasteiger partial charge in [0, 0.05) is 12.1 Å². The lowest BCUT2D eigenvalue weighted by atomic mass is 10.1. The molecule has 0 atom stereocenters. The van der Waals surface area contributed by atoms with Crippen LogP contribution in [-0.2, 0) is 16.0 Å². The third-order valence-electron chi connectivity index (χ3n) is 2.16. The maximum Gasteiger partial charge on any atom is 0.340 e. The van der Waals surface area contributed by atoms with Crippen molar-refractivity contribution in [2.24, 2.45) is 0 Å². The molecule has 5 heteroatoms. The van der Waals surface area contributed by atoms with E-state index in [0.717, 1.165) is 5.56 Å². The fraction of sp³-hybridized carbons (Fsp3) is 0.333. The van der Waals surface area contributed by atoms with Gasteiger partial charge >= 0.3 is 5.97 Å². The van der Waals surface area contributed by atoms with Gasteiger partial charge in [0.1, 0.15) is 0 Å². The number of carbonyl (C=O) groups is 2. The molecule has 0 saturated heterocycles. The van der Waals surface area contributed by atoms with Gasteiger partial charge in [-0.3, -0.25) is 4.79 Å². The highest BCUT2D eigenvalue weighted by atomic mass is 35.5. The standard InChI is InChI=1S/C12H14ClNO3/c1-2-17-12(16)10-4-3-8(6-11(10)14)5-9(15)7-13/h3-4,6H,2,5,7,14H2,1H3. The zero-order valence-corrected chi connectivity index (χ0v) is 10.3. The van der Waals surface area contributed by atoms with E-state index in [2.05, 4.69) is 0 Å². The molecular weight excluding hydrogens is 242 g/mol. The first-order chi connectivity index (χ1) is 8.08. The monoisotopic (exact) mass is 255 g/mol. The summed E-state index contributed by atoms with van der Waals surface area (Å²) in [7, 11) is 0. The molecule has 0 radical (unpaired) electrons. The van der Waals surface area contributed by atoms with Gasteiger partial charge in [0.25, 0.3) is 0 Å². The molecule has 1 aromatic carbocycles. The van der Waals surface area contributed by atoms with Gasteiger partial charge in [-0.25, -0.2) is 4.79 Å². The number of nitrogen functional groups attached to an aromatic ring is 1. The van der Waals surface area contributed by atoms with Crippen LogP contribution in [0.25, 0.3) is 0 Å². The van der Waals surface area contributed by atoms with E-state index in [1.807, 2.05) is 0 Å². The molecule has 0 aliphatic heterocycles. The lowest BCUT2D eigenvalue weighted by Gasteiger charge is -2.07. The number of halogens is 1. The molecule has 0 spiro atoms. The minimum absolute atomic E-state index is 0.0282. The van der Waals surface area contributed by atoms with Crippen molar-refractivity contribution in [2.45, 2.75) is 13.3 Å². The Bertz CT molecular complexity index is 432. The Morgan fingerprint density at radius 1 is 1.41 bits per heavy atom. The minimum atomic E-state index is -0.458. The van der Waals surface area contributed by atoms with Crippen LogP contribution in [0, 0.1) is 0 Å². The number of anilines is 1. The Labute approximate surface area is 105 Å². The van der Waals surface area contributed by atoms with Gasteiger partial charge < -0.3 is 10.5 Å². The Kier molecular flexibility index (Phi) is 4.97. The Balaban J connectivity index is 2.86. The van der Waals surface area contributed by atoms with Gasteiger partial charge in [-0.15, -0.1) is 11.6 Å². The molecule has 2 N–H and O–H groups in total. The van der Waals surface area contributed by atoms with Crippen LogP contribution in [0.4, 0.5) is 5.69 Å². The second-order valence-corrected chi connectivity index (χ2v) is 3.76. The maximum atomic E-state index is 11.5. The summed E-state index contributed by atoms with van der Waals surface area (Å²) < 4.78 is 4.84. The Morgan fingerprint density at radius 2 is 2.12 bits per heavy atom. The summed E-state index contributed by atoms with van der Waals surface area (Å²) in [5, 5.41) is 0. The summed E-state index contributed by atoms with van der Waals surface area (Å²) in [6.07, 6.45) is 0.219. The van der Waals surface area contributed by atoms with Crippen LogP contribution < -0.4 is 5.73 Å². The highest BCUT2D eigenvalue weighted by molar-refractivity contribution is 6.27. The highest BCUT2D eigenvalue weighted by Crippen LogP contribution is 2.16. The molecule has 0 heterocycles. The van der Waals surface area contributed by atoms with E-state index < -0.39 is 5.97 Å². The van der Waals surface area contributed by atoms with Crippen LogP contribution in [0.5, 0.6) is 0 Å². The molecule has 1 aromatic rings. The minimum Gasteiger partial charge on any atom is -0.462 e. The third kappa shape index (κ3) is 3.75. The number of nitrogens with two attached hydrogens (primary N) is 1. The predicted molar refractivity (Wildman–Crippen MR) is 66.2 cm³/mol. The SMILES string of the molecule is CCOC(=O)c1ccc(CC(=O)CCl)cc1N. The second-order valence-electron chi connectivity index (χ2n) is 3.49.